The van der Waals surface area contributed by atoms with Crippen molar-refractivity contribution in [3.63, 3.8) is 0 Å². The van der Waals surface area contributed by atoms with Crippen LogP contribution in [0.4, 0.5) is 5.13 Å². The van der Waals surface area contributed by atoms with Gasteiger partial charge in [0.1, 0.15) is 12.4 Å². The normalized spacial score (nSPS) is 23.7. The van der Waals surface area contributed by atoms with Crippen LogP contribution in [0.25, 0.3) is 11.3 Å². The van der Waals surface area contributed by atoms with Crippen LogP contribution >= 0.6 is 11.3 Å². The van der Waals surface area contributed by atoms with E-state index in [1.807, 2.05) is 42.2 Å². The Morgan fingerprint density at radius 3 is 2.55 bits per heavy atom. The molecule has 2 saturated heterocycles. The number of carboxylic acid groups (broad SMARTS) is 1. The number of amides is 1. The van der Waals surface area contributed by atoms with Crippen LogP contribution in [0, 0.1) is 31.6 Å². The molecule has 42 heavy (non-hydrogen) atoms. The second kappa shape index (κ2) is 12.1. The lowest BCUT2D eigenvalue weighted by molar-refractivity contribution is -0.144. The minimum Gasteiger partial charge on any atom is -0.488 e. The number of anilines is 1. The van der Waals surface area contributed by atoms with E-state index in [1.165, 1.54) is 0 Å². The average Bonchev–Trinajstić information content (AvgIpc) is 3.59. The second-order valence-corrected chi connectivity index (χ2v) is 12.9. The third kappa shape index (κ3) is 5.77. The first-order valence-corrected chi connectivity index (χ1v) is 15.8. The first-order valence-electron chi connectivity index (χ1n) is 14.9. The van der Waals surface area contributed by atoms with Gasteiger partial charge >= 0.3 is 5.97 Å². The van der Waals surface area contributed by atoms with Crippen molar-refractivity contribution in [3.05, 3.63) is 64.0 Å². The zero-order chi connectivity index (χ0) is 29.4. The SMILES string of the molecule is COC1CCCN(C(=O)c2ccc(COc3ccc(C)cc3-c3csc(N4C[C@H]5CC[C@@H](C4)C5C(=O)O)n3)c(C)c2)C1. The van der Waals surface area contributed by atoms with Crippen LogP contribution in [0.3, 0.4) is 0 Å². The molecule has 1 amide bonds. The van der Waals surface area contributed by atoms with Gasteiger partial charge in [-0.3, -0.25) is 9.59 Å². The Balaban J connectivity index is 1.15. The van der Waals surface area contributed by atoms with Crippen molar-refractivity contribution in [2.45, 2.75) is 52.2 Å². The summed E-state index contributed by atoms with van der Waals surface area (Å²) in [5.41, 5.74) is 5.69. The van der Waals surface area contributed by atoms with Crippen molar-refractivity contribution in [1.82, 2.24) is 9.88 Å². The quantitative estimate of drug-likeness (QED) is 0.355. The Morgan fingerprint density at radius 1 is 1.05 bits per heavy atom. The van der Waals surface area contributed by atoms with E-state index in [9.17, 15) is 14.7 Å². The van der Waals surface area contributed by atoms with E-state index in [2.05, 4.69) is 23.3 Å². The molecule has 3 fully saturated rings. The van der Waals surface area contributed by atoms with E-state index in [-0.39, 0.29) is 29.8 Å². The van der Waals surface area contributed by atoms with E-state index in [1.54, 1.807) is 18.4 Å². The number of fused-ring (bicyclic) bond motifs is 2. The fraction of sp³-hybridized carbons (Fsp3) is 0.485. The Kier molecular flexibility index (Phi) is 8.23. The molecule has 0 spiro atoms. The van der Waals surface area contributed by atoms with Crippen molar-refractivity contribution in [1.29, 1.82) is 0 Å². The van der Waals surface area contributed by atoms with Crippen LogP contribution in [0.5, 0.6) is 5.75 Å². The Bertz CT molecular complexity index is 1460. The number of piperidine rings is 2. The molecule has 6 rings (SSSR count). The molecule has 2 aromatic carbocycles. The molecule has 2 aliphatic heterocycles. The number of carbonyl (C=O) groups is 2. The zero-order valence-corrected chi connectivity index (χ0v) is 25.4. The minimum atomic E-state index is -0.651. The summed E-state index contributed by atoms with van der Waals surface area (Å²) in [7, 11) is 1.71. The minimum absolute atomic E-state index is 0.0488. The van der Waals surface area contributed by atoms with Gasteiger partial charge in [0.2, 0.25) is 0 Å². The van der Waals surface area contributed by atoms with E-state index >= 15 is 0 Å². The molecule has 2 bridgehead atoms. The standard InChI is InChI=1S/C33H39N3O5S/c1-20-6-11-29(41-18-25-10-7-22(14-21(25)2)31(37)35-12-4-5-26(17-35)40-3)27(13-20)28-19-42-33(34-28)36-15-23-8-9-24(16-36)30(23)32(38)39/h6-7,10-11,13-14,19,23-24,26,30H,4-5,8-9,12,15-18H2,1-3H3,(H,38,39)/t23-,24+,26?,30?. The summed E-state index contributed by atoms with van der Waals surface area (Å²) >= 11 is 1.61. The molecule has 3 heterocycles. The molecule has 1 aliphatic carbocycles. The predicted molar refractivity (Wildman–Crippen MR) is 163 cm³/mol. The summed E-state index contributed by atoms with van der Waals surface area (Å²) < 4.78 is 11.9. The maximum Gasteiger partial charge on any atom is 0.307 e. The molecule has 1 aromatic heterocycles. The number of ether oxygens (including phenoxy) is 2. The summed E-state index contributed by atoms with van der Waals surface area (Å²) in [4.78, 5) is 34.1. The average molecular weight is 590 g/mol. The molecule has 0 radical (unpaired) electrons. The number of likely N-dealkylation sites (tertiary alicyclic amines) is 1. The highest BCUT2D eigenvalue weighted by molar-refractivity contribution is 7.14. The third-order valence-electron chi connectivity index (χ3n) is 9.26. The number of rotatable bonds is 8. The Labute approximate surface area is 251 Å². The molecule has 222 valence electrons. The van der Waals surface area contributed by atoms with Gasteiger partial charge in [-0.1, -0.05) is 17.7 Å². The number of nitrogens with zero attached hydrogens (tertiary/aromatic N) is 3. The highest BCUT2D eigenvalue weighted by Gasteiger charge is 2.46. The van der Waals surface area contributed by atoms with Crippen LogP contribution < -0.4 is 9.64 Å². The summed E-state index contributed by atoms with van der Waals surface area (Å²) in [5.74, 6) is 0.327. The van der Waals surface area contributed by atoms with E-state index in [0.29, 0.717) is 18.7 Å². The van der Waals surface area contributed by atoms with Gasteiger partial charge in [-0.05, 0) is 86.8 Å². The lowest BCUT2D eigenvalue weighted by Crippen LogP contribution is -2.44. The van der Waals surface area contributed by atoms with Gasteiger partial charge in [-0.15, -0.1) is 11.3 Å². The van der Waals surface area contributed by atoms with Crippen LogP contribution in [0.15, 0.2) is 41.8 Å². The molecule has 3 aromatic rings. The highest BCUT2D eigenvalue weighted by Crippen LogP contribution is 2.44. The predicted octanol–water partition coefficient (Wildman–Crippen LogP) is 5.80. The van der Waals surface area contributed by atoms with Crippen LogP contribution in [-0.4, -0.2) is 66.3 Å². The summed E-state index contributed by atoms with van der Waals surface area (Å²) in [6, 6.07) is 12.0. The van der Waals surface area contributed by atoms with E-state index in [4.69, 9.17) is 14.5 Å². The molecule has 3 aliphatic rings. The molecule has 4 atom stereocenters. The van der Waals surface area contributed by atoms with Crippen LogP contribution in [-0.2, 0) is 16.1 Å². The number of aromatic nitrogens is 1. The number of aliphatic carboxylic acids is 1. The number of thiazole rings is 1. The zero-order valence-electron chi connectivity index (χ0n) is 24.5. The van der Waals surface area contributed by atoms with Crippen molar-refractivity contribution in [2.24, 2.45) is 17.8 Å². The number of hydrogen-bond donors (Lipinski definition) is 1. The van der Waals surface area contributed by atoms with Gasteiger partial charge < -0.3 is 24.4 Å². The first-order chi connectivity index (χ1) is 20.3. The largest absolute Gasteiger partial charge is 0.488 e. The smallest absolute Gasteiger partial charge is 0.307 e. The van der Waals surface area contributed by atoms with Gasteiger partial charge in [0.15, 0.2) is 5.13 Å². The topological polar surface area (TPSA) is 92.2 Å². The number of aryl methyl sites for hydroxylation is 2. The van der Waals surface area contributed by atoms with Crippen molar-refractivity contribution in [3.8, 4) is 17.0 Å². The second-order valence-electron chi connectivity index (χ2n) is 12.1. The summed E-state index contributed by atoms with van der Waals surface area (Å²) in [6.45, 7) is 7.36. The Hall–Kier alpha value is -3.43. The maximum absolute atomic E-state index is 13.1. The lowest BCUT2D eigenvalue weighted by Gasteiger charge is -2.35. The van der Waals surface area contributed by atoms with Gasteiger partial charge in [-0.2, -0.15) is 0 Å². The number of carboxylic acids is 1. The lowest BCUT2D eigenvalue weighted by atomic mass is 9.85. The van der Waals surface area contributed by atoms with Crippen molar-refractivity contribution < 1.29 is 24.2 Å². The fourth-order valence-corrected chi connectivity index (χ4v) is 7.77. The number of hydrogen-bond acceptors (Lipinski definition) is 7. The summed E-state index contributed by atoms with van der Waals surface area (Å²) in [6.07, 6.45) is 4.01. The van der Waals surface area contributed by atoms with Gasteiger partial charge in [-0.25, -0.2) is 4.98 Å². The first kappa shape index (κ1) is 28.7. The highest BCUT2D eigenvalue weighted by atomic mass is 32.1. The van der Waals surface area contributed by atoms with Gasteiger partial charge in [0, 0.05) is 49.8 Å². The molecule has 8 nitrogen and oxygen atoms in total. The Morgan fingerprint density at radius 2 is 1.83 bits per heavy atom. The maximum atomic E-state index is 13.1. The molecule has 2 unspecified atom stereocenters. The molecule has 9 heteroatoms. The molecular formula is C33H39N3O5S. The fourth-order valence-electron chi connectivity index (χ4n) is 6.93. The third-order valence-corrected chi connectivity index (χ3v) is 10.2. The van der Waals surface area contributed by atoms with E-state index in [0.717, 1.165) is 84.1 Å². The molecular weight excluding hydrogens is 550 g/mol. The van der Waals surface area contributed by atoms with Gasteiger partial charge in [0.25, 0.3) is 5.91 Å². The van der Waals surface area contributed by atoms with Crippen molar-refractivity contribution >= 4 is 28.3 Å². The number of carbonyl (C=O) groups excluding carboxylic acids is 1. The number of methoxy groups -OCH3 is 1. The summed E-state index contributed by atoms with van der Waals surface area (Å²) in [5, 5.41) is 12.7. The monoisotopic (exact) mass is 589 g/mol. The molecule has 1 N–H and O–H groups in total. The van der Waals surface area contributed by atoms with Gasteiger partial charge in [0.05, 0.1) is 17.7 Å². The van der Waals surface area contributed by atoms with E-state index < -0.39 is 5.97 Å². The number of benzene rings is 2. The van der Waals surface area contributed by atoms with Crippen molar-refractivity contribution in [2.75, 3.05) is 38.2 Å². The van der Waals surface area contributed by atoms with Crippen LogP contribution in [0.2, 0.25) is 0 Å². The molecule has 1 saturated carbocycles. The van der Waals surface area contributed by atoms with Crippen LogP contribution in [0.1, 0.15) is 52.7 Å².